The highest BCUT2D eigenvalue weighted by Crippen LogP contribution is 2.38. The van der Waals surface area contributed by atoms with E-state index >= 15 is 0 Å². The van der Waals surface area contributed by atoms with Gasteiger partial charge in [0.25, 0.3) is 11.8 Å². The van der Waals surface area contributed by atoms with Gasteiger partial charge in [-0.15, -0.1) is 0 Å². The molecule has 0 aliphatic carbocycles. The summed E-state index contributed by atoms with van der Waals surface area (Å²) in [4.78, 5) is 3.75. The number of pyridine rings is 1. The van der Waals surface area contributed by atoms with E-state index < -0.39 is 35.2 Å². The van der Waals surface area contributed by atoms with Crippen molar-refractivity contribution in [2.45, 2.75) is 60.1 Å². The third-order valence-corrected chi connectivity index (χ3v) is 3.69. The quantitative estimate of drug-likeness (QED) is 0.358. The molecule has 1 aromatic carbocycles. The lowest BCUT2D eigenvalue weighted by Gasteiger charge is -2.14. The smallest absolute Gasteiger partial charge is 0.433 e. The molecule has 0 saturated carbocycles. The minimum absolute atomic E-state index is 0.239. The van der Waals surface area contributed by atoms with Crippen molar-refractivity contribution < 1.29 is 31.1 Å². The van der Waals surface area contributed by atoms with Crippen LogP contribution < -0.4 is 4.74 Å². The molecule has 0 radical (unpaired) electrons. The topological polar surface area (TPSA) is 39.9 Å². The minimum Gasteiger partial charge on any atom is -0.434 e. The first-order chi connectivity index (χ1) is 15.4. The van der Waals surface area contributed by atoms with Crippen LogP contribution in [0, 0.1) is 12.7 Å². The highest BCUT2D eigenvalue weighted by molar-refractivity contribution is 5.49. The Kier molecular flexibility index (Phi) is 9.94. The summed E-state index contributed by atoms with van der Waals surface area (Å²) < 4.78 is 86.9. The van der Waals surface area contributed by atoms with E-state index in [1.54, 1.807) is 6.92 Å². The van der Waals surface area contributed by atoms with Gasteiger partial charge in [-0.05, 0) is 36.8 Å². The van der Waals surface area contributed by atoms with Crippen LogP contribution in [0.4, 0.5) is 26.3 Å². The SMILES string of the molecule is CC.CCC.Cc1cnc(Oc2ccccc2-n2nc(C(C)(F)F)cc2C(F)(F)F)c(F)c1. The average molecular weight is 475 g/mol. The number of halogens is 6. The highest BCUT2D eigenvalue weighted by atomic mass is 19.4. The van der Waals surface area contributed by atoms with Gasteiger partial charge in [-0.1, -0.05) is 46.2 Å². The molecule has 0 unspecified atom stereocenters. The van der Waals surface area contributed by atoms with Crippen LogP contribution in [0.3, 0.4) is 0 Å². The van der Waals surface area contributed by atoms with Crippen molar-refractivity contribution in [3.8, 4) is 17.3 Å². The largest absolute Gasteiger partial charge is 0.434 e. The molecule has 2 aromatic heterocycles. The summed E-state index contributed by atoms with van der Waals surface area (Å²) in [5.41, 5.74) is -2.27. The molecule has 0 spiro atoms. The van der Waals surface area contributed by atoms with Crippen LogP contribution in [0.15, 0.2) is 42.6 Å². The number of para-hydroxylation sites is 2. The van der Waals surface area contributed by atoms with E-state index in [2.05, 4.69) is 23.9 Å². The van der Waals surface area contributed by atoms with Crippen molar-refractivity contribution in [1.82, 2.24) is 14.8 Å². The number of aryl methyl sites for hydroxylation is 1. The first-order valence-corrected chi connectivity index (χ1v) is 10.3. The molecule has 2 heterocycles. The third-order valence-electron chi connectivity index (χ3n) is 3.69. The molecule has 0 aliphatic heterocycles. The second kappa shape index (κ2) is 11.7. The lowest BCUT2D eigenvalue weighted by Crippen LogP contribution is -2.14. The summed E-state index contributed by atoms with van der Waals surface area (Å²) in [5.74, 6) is -5.13. The van der Waals surface area contributed by atoms with Gasteiger partial charge in [0.2, 0.25) is 0 Å². The molecule has 3 rings (SSSR count). The van der Waals surface area contributed by atoms with E-state index in [0.29, 0.717) is 17.2 Å². The summed E-state index contributed by atoms with van der Waals surface area (Å²) in [6.07, 6.45) is -2.40. The van der Waals surface area contributed by atoms with Crippen molar-refractivity contribution in [3.63, 3.8) is 0 Å². The number of hydrogen-bond donors (Lipinski definition) is 0. The summed E-state index contributed by atoms with van der Waals surface area (Å²) >= 11 is 0. The number of benzene rings is 1. The Labute approximate surface area is 189 Å². The van der Waals surface area contributed by atoms with Crippen molar-refractivity contribution >= 4 is 0 Å². The molecular formula is C23H27F6N3O. The lowest BCUT2D eigenvalue weighted by atomic mass is 10.2. The Balaban J connectivity index is 0.00000101. The molecule has 4 nitrogen and oxygen atoms in total. The fourth-order valence-corrected chi connectivity index (χ4v) is 2.40. The maximum absolute atomic E-state index is 14.0. The molecule has 0 aliphatic rings. The fourth-order valence-electron chi connectivity index (χ4n) is 2.40. The van der Waals surface area contributed by atoms with Crippen molar-refractivity contribution in [2.24, 2.45) is 0 Å². The lowest BCUT2D eigenvalue weighted by molar-refractivity contribution is -0.142. The Morgan fingerprint density at radius 3 is 2.09 bits per heavy atom. The molecule has 0 saturated heterocycles. The van der Waals surface area contributed by atoms with Crippen molar-refractivity contribution in [2.75, 3.05) is 0 Å². The zero-order valence-corrected chi connectivity index (χ0v) is 19.3. The van der Waals surface area contributed by atoms with E-state index in [0.717, 1.165) is 6.07 Å². The molecule has 182 valence electrons. The standard InChI is InChI=1S/C18H13F6N3O.C3H8.C2H6/c1-10-7-11(19)16(25-9-10)28-13-6-4-3-5-12(13)27-15(18(22,23)24)8-14(26-27)17(2,20)21;1-3-2;1-2/h3-9H,1-2H3;3H2,1-2H3;1-2H3. The normalized spacial score (nSPS) is 11.2. The Morgan fingerprint density at radius 2 is 1.58 bits per heavy atom. The van der Waals surface area contributed by atoms with Crippen molar-refractivity contribution in [3.05, 3.63) is 65.4 Å². The second-order valence-electron chi connectivity index (χ2n) is 6.79. The van der Waals surface area contributed by atoms with Crippen LogP contribution in [0.2, 0.25) is 0 Å². The molecule has 10 heteroatoms. The number of ether oxygens (including phenoxy) is 1. The van der Waals surface area contributed by atoms with Gasteiger partial charge in [0, 0.05) is 13.1 Å². The second-order valence-corrected chi connectivity index (χ2v) is 6.79. The van der Waals surface area contributed by atoms with E-state index in [9.17, 15) is 26.3 Å². The molecule has 3 aromatic rings. The van der Waals surface area contributed by atoms with Gasteiger partial charge in [-0.3, -0.25) is 0 Å². The monoisotopic (exact) mass is 475 g/mol. The maximum Gasteiger partial charge on any atom is 0.433 e. The van der Waals surface area contributed by atoms with Gasteiger partial charge in [-0.25, -0.2) is 14.1 Å². The number of rotatable bonds is 4. The maximum atomic E-state index is 14.0. The first kappa shape index (κ1) is 28.0. The van der Waals surface area contributed by atoms with E-state index in [4.69, 9.17) is 4.74 Å². The number of aromatic nitrogens is 3. The van der Waals surface area contributed by atoms with Gasteiger partial charge in [0.15, 0.2) is 11.6 Å². The first-order valence-electron chi connectivity index (χ1n) is 10.3. The zero-order valence-electron chi connectivity index (χ0n) is 19.3. The van der Waals surface area contributed by atoms with Gasteiger partial charge in [0.05, 0.1) is 0 Å². The molecule has 0 amide bonds. The molecule has 33 heavy (non-hydrogen) atoms. The molecule has 0 fully saturated rings. The molecular weight excluding hydrogens is 448 g/mol. The van der Waals surface area contributed by atoms with Crippen LogP contribution in [-0.2, 0) is 12.1 Å². The average Bonchev–Trinajstić information content (AvgIpc) is 3.19. The number of nitrogens with zero attached hydrogens (tertiary/aromatic N) is 3. The van der Waals surface area contributed by atoms with Gasteiger partial charge in [0.1, 0.15) is 17.1 Å². The Morgan fingerprint density at radius 1 is 1.00 bits per heavy atom. The number of alkyl halides is 5. The number of hydrogen-bond acceptors (Lipinski definition) is 3. The van der Waals surface area contributed by atoms with Crippen LogP contribution in [0.25, 0.3) is 5.69 Å². The summed E-state index contributed by atoms with van der Waals surface area (Å²) in [7, 11) is 0. The van der Waals surface area contributed by atoms with Crippen molar-refractivity contribution in [1.29, 1.82) is 0 Å². The highest BCUT2D eigenvalue weighted by Gasteiger charge is 2.40. The Bertz CT molecular complexity index is 1030. The minimum atomic E-state index is -4.96. The summed E-state index contributed by atoms with van der Waals surface area (Å²) in [5, 5.41) is 3.41. The van der Waals surface area contributed by atoms with Crippen LogP contribution in [0.5, 0.6) is 11.6 Å². The van der Waals surface area contributed by atoms with Gasteiger partial charge in [-0.2, -0.15) is 27.1 Å². The van der Waals surface area contributed by atoms with Crippen LogP contribution >= 0.6 is 0 Å². The zero-order chi connectivity index (χ0) is 25.4. The van der Waals surface area contributed by atoms with Gasteiger partial charge < -0.3 is 4.74 Å². The molecule has 0 N–H and O–H groups in total. The molecule has 0 atom stereocenters. The van der Waals surface area contributed by atoms with Crippen LogP contribution in [0.1, 0.15) is 58.0 Å². The third kappa shape index (κ3) is 7.50. The molecule has 0 bridgehead atoms. The fraction of sp³-hybridized carbons (Fsp3) is 0.391. The summed E-state index contributed by atoms with van der Waals surface area (Å²) in [6, 6.07) is 6.63. The van der Waals surface area contributed by atoms with E-state index in [-0.39, 0.29) is 17.5 Å². The predicted molar refractivity (Wildman–Crippen MR) is 114 cm³/mol. The Hall–Kier alpha value is -3.04. The van der Waals surface area contributed by atoms with Crippen LogP contribution in [-0.4, -0.2) is 14.8 Å². The predicted octanol–water partition coefficient (Wildman–Crippen LogP) is 8.08. The van der Waals surface area contributed by atoms with E-state index in [1.807, 2.05) is 13.8 Å². The van der Waals surface area contributed by atoms with Gasteiger partial charge >= 0.3 is 6.18 Å². The van der Waals surface area contributed by atoms with E-state index in [1.165, 1.54) is 36.9 Å². The summed E-state index contributed by atoms with van der Waals surface area (Å²) in [6.45, 7) is 10.3.